The van der Waals surface area contributed by atoms with Crippen molar-refractivity contribution in [3.63, 3.8) is 0 Å². The fraction of sp³-hybridized carbons (Fsp3) is 0.857. The van der Waals surface area contributed by atoms with Gasteiger partial charge < -0.3 is 16.6 Å². The summed E-state index contributed by atoms with van der Waals surface area (Å²) in [5.74, 6) is -1.19. The molecule has 11 heavy (non-hydrogen) atoms. The van der Waals surface area contributed by atoms with Crippen LogP contribution in [0.2, 0.25) is 0 Å². The summed E-state index contributed by atoms with van der Waals surface area (Å²) < 4.78 is 0. The van der Waals surface area contributed by atoms with E-state index in [0.29, 0.717) is 13.0 Å². The fourth-order valence-electron chi connectivity index (χ4n) is 0.877. The van der Waals surface area contributed by atoms with Crippen molar-refractivity contribution in [2.24, 2.45) is 17.4 Å². The molecule has 0 aliphatic carbocycles. The summed E-state index contributed by atoms with van der Waals surface area (Å²) in [6.07, 6.45) is 2.37. The lowest BCUT2D eigenvalue weighted by atomic mass is 10.0. The third kappa shape index (κ3) is 4.75. The van der Waals surface area contributed by atoms with Crippen LogP contribution < -0.4 is 11.5 Å². The number of nitrogens with two attached hydrogens (primary N) is 2. The van der Waals surface area contributed by atoms with Crippen molar-refractivity contribution < 1.29 is 9.90 Å². The van der Waals surface area contributed by atoms with E-state index in [4.69, 9.17) is 16.6 Å². The number of hydrogen-bond donors (Lipinski definition) is 3. The molecule has 0 aromatic carbocycles. The third-order valence-corrected chi connectivity index (χ3v) is 1.64. The second-order valence-corrected chi connectivity index (χ2v) is 2.56. The SMILES string of the molecule is NCCCCC(CN)C(=O)O. The Balaban J connectivity index is 3.44. The summed E-state index contributed by atoms with van der Waals surface area (Å²) in [6, 6.07) is 0. The van der Waals surface area contributed by atoms with E-state index >= 15 is 0 Å². The van der Waals surface area contributed by atoms with E-state index in [1.807, 2.05) is 0 Å². The van der Waals surface area contributed by atoms with E-state index in [0.717, 1.165) is 12.8 Å². The van der Waals surface area contributed by atoms with Crippen molar-refractivity contribution >= 4 is 5.97 Å². The zero-order valence-electron chi connectivity index (χ0n) is 6.62. The predicted molar refractivity (Wildman–Crippen MR) is 43.1 cm³/mol. The number of carboxylic acids is 1. The minimum atomic E-state index is -0.801. The summed E-state index contributed by atoms with van der Waals surface area (Å²) in [4.78, 5) is 10.4. The number of hydrogen-bond acceptors (Lipinski definition) is 3. The minimum absolute atomic E-state index is 0.222. The molecule has 0 saturated carbocycles. The van der Waals surface area contributed by atoms with Gasteiger partial charge in [-0.05, 0) is 19.4 Å². The van der Waals surface area contributed by atoms with Crippen LogP contribution in [0.25, 0.3) is 0 Å². The quantitative estimate of drug-likeness (QED) is 0.468. The second-order valence-electron chi connectivity index (χ2n) is 2.56. The molecular formula is C7H16N2O2. The molecule has 66 valence electrons. The topological polar surface area (TPSA) is 89.3 Å². The zero-order valence-corrected chi connectivity index (χ0v) is 6.62. The molecule has 0 radical (unpaired) electrons. The molecule has 0 rings (SSSR count). The summed E-state index contributed by atoms with van der Waals surface area (Å²) >= 11 is 0. The monoisotopic (exact) mass is 160 g/mol. The van der Waals surface area contributed by atoms with Gasteiger partial charge in [0.1, 0.15) is 0 Å². The molecule has 4 nitrogen and oxygen atoms in total. The summed E-state index contributed by atoms with van der Waals surface area (Å²) in [7, 11) is 0. The Morgan fingerprint density at radius 3 is 2.36 bits per heavy atom. The zero-order chi connectivity index (χ0) is 8.69. The average molecular weight is 160 g/mol. The maximum atomic E-state index is 10.4. The number of rotatable bonds is 6. The lowest BCUT2D eigenvalue weighted by Crippen LogP contribution is -2.23. The Morgan fingerprint density at radius 1 is 1.36 bits per heavy atom. The first-order valence-electron chi connectivity index (χ1n) is 3.85. The maximum absolute atomic E-state index is 10.4. The Kier molecular flexibility index (Phi) is 5.78. The van der Waals surface area contributed by atoms with Gasteiger partial charge in [-0.2, -0.15) is 0 Å². The van der Waals surface area contributed by atoms with Gasteiger partial charge in [0.2, 0.25) is 0 Å². The van der Waals surface area contributed by atoms with Crippen LogP contribution in [0.1, 0.15) is 19.3 Å². The number of unbranched alkanes of at least 4 members (excludes halogenated alkanes) is 1. The molecule has 0 aliphatic rings. The fourth-order valence-corrected chi connectivity index (χ4v) is 0.877. The largest absolute Gasteiger partial charge is 0.481 e. The normalized spacial score (nSPS) is 12.9. The molecule has 0 spiro atoms. The second kappa shape index (κ2) is 6.12. The minimum Gasteiger partial charge on any atom is -0.481 e. The number of carboxylic acid groups (broad SMARTS) is 1. The van der Waals surface area contributed by atoms with Crippen LogP contribution in [-0.2, 0) is 4.79 Å². The molecule has 5 N–H and O–H groups in total. The molecule has 0 heterocycles. The predicted octanol–water partition coefficient (Wildman–Crippen LogP) is -0.225. The van der Waals surface area contributed by atoms with Gasteiger partial charge in [-0.15, -0.1) is 0 Å². The highest BCUT2D eigenvalue weighted by molar-refractivity contribution is 5.70. The van der Waals surface area contributed by atoms with Crippen molar-refractivity contribution in [1.29, 1.82) is 0 Å². The van der Waals surface area contributed by atoms with Crippen molar-refractivity contribution in [2.45, 2.75) is 19.3 Å². The molecule has 0 fully saturated rings. The van der Waals surface area contributed by atoms with Crippen LogP contribution in [-0.4, -0.2) is 24.2 Å². The first-order chi connectivity index (χ1) is 5.22. The average Bonchev–Trinajstić information content (AvgIpc) is 1.97. The van der Waals surface area contributed by atoms with E-state index in [1.165, 1.54) is 0 Å². The van der Waals surface area contributed by atoms with Crippen molar-refractivity contribution in [3.05, 3.63) is 0 Å². The summed E-state index contributed by atoms with van der Waals surface area (Å²) in [5.41, 5.74) is 10.5. The molecular weight excluding hydrogens is 144 g/mol. The molecule has 0 saturated heterocycles. The first kappa shape index (κ1) is 10.4. The van der Waals surface area contributed by atoms with Gasteiger partial charge in [0.25, 0.3) is 0 Å². The van der Waals surface area contributed by atoms with Crippen molar-refractivity contribution in [1.82, 2.24) is 0 Å². The summed E-state index contributed by atoms with van der Waals surface area (Å²) in [6.45, 7) is 0.844. The lowest BCUT2D eigenvalue weighted by Gasteiger charge is -2.07. The molecule has 0 amide bonds. The molecule has 1 unspecified atom stereocenters. The molecule has 4 heteroatoms. The maximum Gasteiger partial charge on any atom is 0.307 e. The van der Waals surface area contributed by atoms with Gasteiger partial charge in [0.05, 0.1) is 5.92 Å². The molecule has 0 aromatic heterocycles. The van der Waals surface area contributed by atoms with Crippen LogP contribution in [0.15, 0.2) is 0 Å². The van der Waals surface area contributed by atoms with Gasteiger partial charge in [-0.25, -0.2) is 0 Å². The van der Waals surface area contributed by atoms with Crippen molar-refractivity contribution in [2.75, 3.05) is 13.1 Å². The number of carbonyl (C=O) groups is 1. The molecule has 0 bridgehead atoms. The Hall–Kier alpha value is -0.610. The third-order valence-electron chi connectivity index (χ3n) is 1.64. The highest BCUT2D eigenvalue weighted by atomic mass is 16.4. The van der Waals surface area contributed by atoms with Crippen LogP contribution in [0.4, 0.5) is 0 Å². The van der Waals surface area contributed by atoms with Gasteiger partial charge >= 0.3 is 5.97 Å². The van der Waals surface area contributed by atoms with E-state index in [2.05, 4.69) is 0 Å². The van der Waals surface area contributed by atoms with Gasteiger partial charge in [-0.1, -0.05) is 6.42 Å². The molecule has 0 aromatic rings. The Bertz CT molecular complexity index is 117. The smallest absolute Gasteiger partial charge is 0.307 e. The van der Waals surface area contributed by atoms with Crippen LogP contribution in [0, 0.1) is 5.92 Å². The standard InChI is InChI=1S/C7H16N2O2/c8-4-2-1-3-6(5-9)7(10)11/h6H,1-5,8-9H2,(H,10,11). The van der Waals surface area contributed by atoms with Gasteiger partial charge in [-0.3, -0.25) is 4.79 Å². The lowest BCUT2D eigenvalue weighted by molar-refractivity contribution is -0.141. The van der Waals surface area contributed by atoms with E-state index in [-0.39, 0.29) is 12.5 Å². The van der Waals surface area contributed by atoms with Gasteiger partial charge in [0.15, 0.2) is 0 Å². The van der Waals surface area contributed by atoms with E-state index in [1.54, 1.807) is 0 Å². The highest BCUT2D eigenvalue weighted by Crippen LogP contribution is 2.06. The van der Waals surface area contributed by atoms with Crippen LogP contribution in [0.3, 0.4) is 0 Å². The van der Waals surface area contributed by atoms with Crippen molar-refractivity contribution in [3.8, 4) is 0 Å². The highest BCUT2D eigenvalue weighted by Gasteiger charge is 2.13. The van der Waals surface area contributed by atoms with E-state index < -0.39 is 5.97 Å². The summed E-state index contributed by atoms with van der Waals surface area (Å²) in [5, 5.41) is 8.56. The first-order valence-corrected chi connectivity index (χ1v) is 3.85. The van der Waals surface area contributed by atoms with Crippen LogP contribution in [0.5, 0.6) is 0 Å². The molecule has 0 aliphatic heterocycles. The Labute approximate surface area is 66.6 Å². The number of aliphatic carboxylic acids is 1. The van der Waals surface area contributed by atoms with Gasteiger partial charge in [0, 0.05) is 6.54 Å². The van der Waals surface area contributed by atoms with E-state index in [9.17, 15) is 4.79 Å². The molecule has 1 atom stereocenters. The van der Waals surface area contributed by atoms with Crippen LogP contribution >= 0.6 is 0 Å². The Morgan fingerprint density at radius 2 is 2.00 bits per heavy atom.